The van der Waals surface area contributed by atoms with Crippen molar-refractivity contribution < 1.29 is 16.8 Å². The third-order valence-electron chi connectivity index (χ3n) is 4.05. The van der Waals surface area contributed by atoms with Crippen molar-refractivity contribution in [2.75, 3.05) is 31.9 Å². The SMILES string of the molecule is CCC1CCN(S(=O)(=O)c2ccc(NS(=O)(=O)N(C)C)cc2)C1. The lowest BCUT2D eigenvalue weighted by Crippen LogP contribution is -2.29. The molecule has 1 saturated heterocycles. The van der Waals surface area contributed by atoms with Crippen LogP contribution < -0.4 is 4.72 Å². The lowest BCUT2D eigenvalue weighted by atomic mass is 10.1. The van der Waals surface area contributed by atoms with Crippen LogP contribution in [0.25, 0.3) is 0 Å². The van der Waals surface area contributed by atoms with E-state index in [0.29, 0.717) is 24.7 Å². The van der Waals surface area contributed by atoms with Crippen molar-refractivity contribution in [3.8, 4) is 0 Å². The molecular formula is C14H23N3O4S2. The molecule has 1 aromatic carbocycles. The molecule has 7 nitrogen and oxygen atoms in total. The summed E-state index contributed by atoms with van der Waals surface area (Å²) >= 11 is 0. The van der Waals surface area contributed by atoms with E-state index in [1.807, 2.05) is 0 Å². The predicted molar refractivity (Wildman–Crippen MR) is 89.8 cm³/mol. The van der Waals surface area contributed by atoms with Crippen LogP contribution in [0.4, 0.5) is 5.69 Å². The summed E-state index contributed by atoms with van der Waals surface area (Å²) in [5.41, 5.74) is 0.325. The van der Waals surface area contributed by atoms with Crippen LogP contribution >= 0.6 is 0 Å². The van der Waals surface area contributed by atoms with Crippen LogP contribution in [0.5, 0.6) is 0 Å². The number of nitrogens with one attached hydrogen (secondary N) is 1. The predicted octanol–water partition coefficient (Wildman–Crippen LogP) is 1.33. The zero-order valence-corrected chi connectivity index (χ0v) is 15.2. The summed E-state index contributed by atoms with van der Waals surface area (Å²) in [7, 11) is -4.28. The van der Waals surface area contributed by atoms with Crippen molar-refractivity contribution in [2.24, 2.45) is 5.92 Å². The van der Waals surface area contributed by atoms with Crippen molar-refractivity contribution in [1.82, 2.24) is 8.61 Å². The van der Waals surface area contributed by atoms with Gasteiger partial charge < -0.3 is 0 Å². The Hall–Kier alpha value is -1.16. The molecule has 1 unspecified atom stereocenters. The van der Waals surface area contributed by atoms with Gasteiger partial charge in [-0.2, -0.15) is 17.0 Å². The van der Waals surface area contributed by atoms with Crippen LogP contribution in [0, 0.1) is 5.92 Å². The molecule has 1 N–H and O–H groups in total. The minimum Gasteiger partial charge on any atom is -0.271 e. The highest BCUT2D eigenvalue weighted by molar-refractivity contribution is 7.90. The van der Waals surface area contributed by atoms with Crippen LogP contribution in [0.1, 0.15) is 19.8 Å². The molecule has 0 aliphatic carbocycles. The molecule has 1 aliphatic rings. The number of hydrogen-bond donors (Lipinski definition) is 1. The number of sulfonamides is 1. The first-order chi connectivity index (χ1) is 10.7. The smallest absolute Gasteiger partial charge is 0.271 e. The molecule has 130 valence electrons. The van der Waals surface area contributed by atoms with E-state index in [-0.39, 0.29) is 4.90 Å². The van der Waals surface area contributed by atoms with Crippen molar-refractivity contribution in [2.45, 2.75) is 24.7 Å². The van der Waals surface area contributed by atoms with Gasteiger partial charge in [-0.25, -0.2) is 8.42 Å². The number of rotatable bonds is 6. The molecule has 0 amide bonds. The van der Waals surface area contributed by atoms with Gasteiger partial charge in [-0.15, -0.1) is 0 Å². The van der Waals surface area contributed by atoms with Crippen molar-refractivity contribution in [3.63, 3.8) is 0 Å². The van der Waals surface area contributed by atoms with Gasteiger partial charge in [-0.3, -0.25) is 4.72 Å². The van der Waals surface area contributed by atoms with Gasteiger partial charge in [0.1, 0.15) is 0 Å². The molecule has 1 heterocycles. The van der Waals surface area contributed by atoms with Crippen LogP contribution in [0.3, 0.4) is 0 Å². The van der Waals surface area contributed by atoms with Crippen LogP contribution in [-0.2, 0) is 20.2 Å². The highest BCUT2D eigenvalue weighted by Crippen LogP contribution is 2.26. The fourth-order valence-electron chi connectivity index (χ4n) is 2.43. The van der Waals surface area contributed by atoms with Crippen LogP contribution in [0.15, 0.2) is 29.2 Å². The van der Waals surface area contributed by atoms with Gasteiger partial charge in [0.05, 0.1) is 4.90 Å². The molecule has 23 heavy (non-hydrogen) atoms. The summed E-state index contributed by atoms with van der Waals surface area (Å²) in [6, 6.07) is 5.78. The monoisotopic (exact) mass is 361 g/mol. The molecule has 9 heteroatoms. The molecule has 0 aromatic heterocycles. The molecule has 0 spiro atoms. The average Bonchev–Trinajstić information content (AvgIpc) is 2.97. The number of hydrogen-bond acceptors (Lipinski definition) is 4. The molecule has 1 aromatic rings. The molecule has 1 fully saturated rings. The quantitative estimate of drug-likeness (QED) is 0.828. The lowest BCUT2D eigenvalue weighted by Gasteiger charge is -2.17. The Morgan fingerprint density at radius 3 is 2.26 bits per heavy atom. The van der Waals surface area contributed by atoms with E-state index in [9.17, 15) is 16.8 Å². The maximum absolute atomic E-state index is 12.6. The first-order valence-corrected chi connectivity index (χ1v) is 10.4. The van der Waals surface area contributed by atoms with Gasteiger partial charge >= 0.3 is 10.2 Å². The molecule has 0 saturated carbocycles. The maximum atomic E-state index is 12.6. The summed E-state index contributed by atoms with van der Waals surface area (Å²) in [6.07, 6.45) is 1.85. The molecule has 2 rings (SSSR count). The Bertz CT molecular complexity index is 743. The van der Waals surface area contributed by atoms with Gasteiger partial charge in [-0.1, -0.05) is 13.3 Å². The zero-order valence-electron chi connectivity index (χ0n) is 13.6. The highest BCUT2D eigenvalue weighted by atomic mass is 32.2. The van der Waals surface area contributed by atoms with Crippen LogP contribution in [-0.4, -0.2) is 52.6 Å². The maximum Gasteiger partial charge on any atom is 0.301 e. The minimum absolute atomic E-state index is 0.182. The van der Waals surface area contributed by atoms with Crippen molar-refractivity contribution in [3.05, 3.63) is 24.3 Å². The summed E-state index contributed by atoms with van der Waals surface area (Å²) in [6.45, 7) is 3.15. The second-order valence-electron chi connectivity index (χ2n) is 5.84. The van der Waals surface area contributed by atoms with Gasteiger partial charge in [-0.05, 0) is 36.6 Å². The summed E-state index contributed by atoms with van der Waals surface area (Å²) in [5, 5.41) is 0. The van der Waals surface area contributed by atoms with E-state index in [1.54, 1.807) is 0 Å². The van der Waals surface area contributed by atoms with E-state index in [2.05, 4.69) is 11.6 Å². The fraction of sp³-hybridized carbons (Fsp3) is 0.571. The van der Waals surface area contributed by atoms with E-state index in [4.69, 9.17) is 0 Å². The minimum atomic E-state index is -3.60. The highest BCUT2D eigenvalue weighted by Gasteiger charge is 2.31. The normalized spacial score (nSPS) is 20.1. The Labute approximate surface area is 138 Å². The van der Waals surface area contributed by atoms with E-state index < -0.39 is 20.2 Å². The Morgan fingerprint density at radius 2 is 1.78 bits per heavy atom. The van der Waals surface area contributed by atoms with E-state index in [0.717, 1.165) is 17.1 Å². The fourth-order valence-corrected chi connectivity index (χ4v) is 4.58. The third-order valence-corrected chi connectivity index (χ3v) is 7.38. The van der Waals surface area contributed by atoms with Crippen molar-refractivity contribution >= 4 is 25.9 Å². The van der Waals surface area contributed by atoms with Gasteiger partial charge in [0.2, 0.25) is 10.0 Å². The molecule has 1 atom stereocenters. The summed E-state index contributed by atoms with van der Waals surface area (Å²) in [5.74, 6) is 0.413. The standard InChI is InChI=1S/C14H23N3O4S2/c1-4-12-9-10-17(11-12)22(18,19)14-7-5-13(6-8-14)15-23(20,21)16(2)3/h5-8,12,15H,4,9-11H2,1-3H3. The van der Waals surface area contributed by atoms with Gasteiger partial charge in [0.25, 0.3) is 0 Å². The van der Waals surface area contributed by atoms with Crippen molar-refractivity contribution in [1.29, 1.82) is 0 Å². The second kappa shape index (κ2) is 6.76. The number of benzene rings is 1. The Morgan fingerprint density at radius 1 is 1.17 bits per heavy atom. The van der Waals surface area contributed by atoms with E-state index >= 15 is 0 Å². The van der Waals surface area contributed by atoms with Crippen LogP contribution in [0.2, 0.25) is 0 Å². The number of anilines is 1. The average molecular weight is 361 g/mol. The summed E-state index contributed by atoms with van der Waals surface area (Å²) < 4.78 is 53.6. The Balaban J connectivity index is 2.16. The first-order valence-electron chi connectivity index (χ1n) is 7.47. The van der Waals surface area contributed by atoms with E-state index in [1.165, 1.54) is 42.7 Å². The lowest BCUT2D eigenvalue weighted by molar-refractivity contribution is 0.453. The number of nitrogens with zero attached hydrogens (tertiary/aromatic N) is 2. The summed E-state index contributed by atoms with van der Waals surface area (Å²) in [4.78, 5) is 0.182. The Kier molecular flexibility index (Phi) is 5.34. The second-order valence-corrected chi connectivity index (χ2v) is 9.66. The zero-order chi connectivity index (χ0) is 17.3. The molecule has 0 bridgehead atoms. The molecule has 1 aliphatic heterocycles. The van der Waals surface area contributed by atoms with Gasteiger partial charge in [0, 0.05) is 32.9 Å². The molecular weight excluding hydrogens is 338 g/mol. The third kappa shape index (κ3) is 4.03. The van der Waals surface area contributed by atoms with Gasteiger partial charge in [0.15, 0.2) is 0 Å². The first kappa shape index (κ1) is 18.2. The molecule has 0 radical (unpaired) electrons. The largest absolute Gasteiger partial charge is 0.301 e. The topological polar surface area (TPSA) is 86.8 Å².